The molecule has 4 radical (unpaired) electrons. The smallest absolute Gasteiger partial charge is 0.0809 e. The zero-order chi connectivity index (χ0) is 14.9. The van der Waals surface area contributed by atoms with Gasteiger partial charge in [0.25, 0.3) is 0 Å². The number of hydrogen-bond donors (Lipinski definition) is 0. The summed E-state index contributed by atoms with van der Waals surface area (Å²) < 4.78 is 0. The molecule has 0 aromatic heterocycles. The molecular weight excluding hydrogens is 570 g/mol. The first kappa shape index (κ1) is 37.3. The standard InChI is InChI=1S/2C9H7.4CH3.2ClH.Hf.2Si/c2*1-2-5-9-7-3-6-8(9)4-1;;;;;;;;;/h2*1-7H;4*1H3;2*1H;;;/q6*-1;;;;;. The number of halogens is 2. The van der Waals surface area contributed by atoms with Gasteiger partial charge in [-0.05, 0) is 0 Å². The zero-order valence-electron chi connectivity index (χ0n) is 16.4. The van der Waals surface area contributed by atoms with E-state index in [-0.39, 0.29) is 74.7 Å². The van der Waals surface area contributed by atoms with Gasteiger partial charge in [0, 0.05) is 0 Å². The summed E-state index contributed by atoms with van der Waals surface area (Å²) in [6.45, 7) is 6.58. The Hall–Kier alpha value is -0.456. The molecule has 4 rings (SSSR count). The second-order valence-corrected chi connectivity index (χ2v) is 13.5. The molecule has 0 fully saturated rings. The molecule has 0 spiro atoms. The van der Waals surface area contributed by atoms with E-state index >= 15 is 0 Å². The maximum absolute atomic E-state index is 3.29. The summed E-state index contributed by atoms with van der Waals surface area (Å²) >= 11 is -0.306. The third-order valence-corrected chi connectivity index (χ3v) is 3.10. The number of fused-ring (bicyclic) bond motifs is 2. The topological polar surface area (TPSA) is 0 Å². The van der Waals surface area contributed by atoms with Crippen molar-refractivity contribution >= 4 is 60.2 Å². The van der Waals surface area contributed by atoms with Crippen molar-refractivity contribution in [3.8, 4) is 0 Å². The molecule has 0 atom stereocenters. The van der Waals surface area contributed by atoms with Gasteiger partial charge >= 0.3 is 34.0 Å². The van der Waals surface area contributed by atoms with Crippen LogP contribution in [0.25, 0.3) is 21.5 Å². The van der Waals surface area contributed by atoms with Crippen LogP contribution in [-0.2, 0) is 20.2 Å². The van der Waals surface area contributed by atoms with Crippen LogP contribution in [0.4, 0.5) is 0 Å². The third kappa shape index (κ3) is 12.6. The average Bonchev–Trinajstić information content (AvgIpc) is 3.17. The van der Waals surface area contributed by atoms with Crippen LogP contribution < -0.4 is 0 Å². The van der Waals surface area contributed by atoms with E-state index in [0.29, 0.717) is 0 Å². The van der Waals surface area contributed by atoms with Gasteiger partial charge in [0.15, 0.2) is 0 Å². The quantitative estimate of drug-likeness (QED) is 0.151. The Morgan fingerprint density at radius 3 is 1.15 bits per heavy atom. The van der Waals surface area contributed by atoms with Gasteiger partial charge in [-0.2, -0.15) is 35.0 Å². The van der Waals surface area contributed by atoms with Crippen LogP contribution in [0, 0.1) is 29.7 Å². The Balaban J connectivity index is -0.0000000876. The molecule has 148 valence electrons. The first-order valence-electron chi connectivity index (χ1n) is 6.64. The monoisotopic (exact) mass is 598 g/mol. The summed E-state index contributed by atoms with van der Waals surface area (Å²) in [6.07, 6.45) is 0. The molecule has 0 aliphatic rings. The zero-order valence-corrected chi connectivity index (χ0v) is 23.6. The number of rotatable bonds is 0. The Kier molecular flexibility index (Phi) is 30.2. The Labute approximate surface area is 193 Å². The van der Waals surface area contributed by atoms with Crippen LogP contribution in [0.3, 0.4) is 0 Å². The van der Waals surface area contributed by atoms with E-state index < -0.39 is 0 Å². The predicted molar refractivity (Wildman–Crippen MR) is 131 cm³/mol. The number of benzene rings is 2. The molecular formula is C22H28Cl2HfSi2-6. The van der Waals surface area contributed by atoms with Gasteiger partial charge in [0.2, 0.25) is 0 Å². The van der Waals surface area contributed by atoms with Crippen LogP contribution >= 0.6 is 24.8 Å². The van der Waals surface area contributed by atoms with Gasteiger partial charge < -0.3 is 29.7 Å². The maximum Gasteiger partial charge on any atom is -0.0809 e. The van der Waals surface area contributed by atoms with Gasteiger partial charge in [-0.25, -0.2) is 0 Å². The van der Waals surface area contributed by atoms with Crippen molar-refractivity contribution in [2.24, 2.45) is 0 Å². The van der Waals surface area contributed by atoms with Crippen molar-refractivity contribution in [1.29, 1.82) is 0 Å². The first-order valence-corrected chi connectivity index (χ1v) is 18.4. The first-order chi connectivity index (χ1) is 10.3. The van der Waals surface area contributed by atoms with Gasteiger partial charge in [-0.15, -0.1) is 84.1 Å². The van der Waals surface area contributed by atoms with E-state index in [9.17, 15) is 0 Å². The Morgan fingerprint density at radius 1 is 0.556 bits per heavy atom. The second kappa shape index (κ2) is 21.8. The molecule has 5 heteroatoms. The van der Waals surface area contributed by atoms with Gasteiger partial charge in [-0.3, -0.25) is 0 Å². The molecule has 0 aliphatic carbocycles. The normalized spacial score (nSPS) is 7.11. The molecule has 0 heterocycles. The minimum atomic E-state index is -0.306. The van der Waals surface area contributed by atoms with Crippen LogP contribution in [0.2, 0.25) is 0 Å². The van der Waals surface area contributed by atoms with Gasteiger partial charge in [0.1, 0.15) is 0 Å². The molecule has 4 aromatic rings. The van der Waals surface area contributed by atoms with E-state index in [1.807, 2.05) is 0 Å². The fraction of sp³-hybridized carbons (Fsp3) is 0. The predicted octanol–water partition coefficient (Wildman–Crippen LogP) is 7.00. The largest absolute Gasteiger partial charge is 0.168 e. The summed E-state index contributed by atoms with van der Waals surface area (Å²) in [4.78, 5) is 0. The Bertz CT molecular complexity index is 721. The van der Waals surface area contributed by atoms with Crippen molar-refractivity contribution in [3.05, 3.63) is 115 Å². The van der Waals surface area contributed by atoms with Crippen LogP contribution in [0.1, 0.15) is 0 Å². The fourth-order valence-corrected chi connectivity index (χ4v) is 2.14. The van der Waals surface area contributed by atoms with Crippen molar-refractivity contribution in [2.75, 3.05) is 0 Å². The van der Waals surface area contributed by atoms with Gasteiger partial charge in [0.05, 0.1) is 0 Å². The fourth-order valence-electron chi connectivity index (χ4n) is 2.14. The Morgan fingerprint density at radius 2 is 0.852 bits per heavy atom. The molecule has 0 unspecified atom stereocenters. The van der Waals surface area contributed by atoms with E-state index in [1.54, 1.807) is 0 Å². The summed E-state index contributed by atoms with van der Waals surface area (Å²) in [5, 5.41) is 5.32. The molecule has 0 N–H and O–H groups in total. The summed E-state index contributed by atoms with van der Waals surface area (Å²) in [6, 6.07) is 29.3. The van der Waals surface area contributed by atoms with Crippen molar-refractivity contribution in [2.45, 2.75) is 0 Å². The molecule has 27 heavy (non-hydrogen) atoms. The molecule has 4 aromatic carbocycles. The van der Waals surface area contributed by atoms with Crippen molar-refractivity contribution in [3.63, 3.8) is 0 Å². The van der Waals surface area contributed by atoms with Crippen LogP contribution in [0.5, 0.6) is 0 Å². The third-order valence-electron chi connectivity index (χ3n) is 3.10. The van der Waals surface area contributed by atoms with Crippen molar-refractivity contribution in [1.82, 2.24) is 0 Å². The van der Waals surface area contributed by atoms with Crippen LogP contribution in [-0.4, -0.2) is 13.9 Å². The molecule has 0 nitrogen and oxygen atoms in total. The summed E-state index contributed by atoms with van der Waals surface area (Å²) in [7, 11) is 0. The molecule has 0 saturated carbocycles. The van der Waals surface area contributed by atoms with Gasteiger partial charge in [-0.1, -0.05) is 12.1 Å². The van der Waals surface area contributed by atoms with Crippen molar-refractivity contribution < 1.29 is 20.2 Å². The minimum absolute atomic E-state index is 0. The maximum atomic E-state index is 3.29. The number of hydrogen-bond acceptors (Lipinski definition) is 0. The SMILES string of the molecule is Cl.Cl.[CH3-].[CH3-].[CH3-].[CH3-].[Si]=[Hf]=[Si].c1ccc2[cH-]ccc2c1.c1ccc2[cH-]ccc2c1. The second-order valence-electron chi connectivity index (χ2n) is 4.43. The average molecular weight is 598 g/mol. The van der Waals surface area contributed by atoms with E-state index in [4.69, 9.17) is 0 Å². The minimum Gasteiger partial charge on any atom is -0.168 e. The van der Waals surface area contributed by atoms with E-state index in [2.05, 4.69) is 98.8 Å². The molecule has 0 saturated heterocycles. The summed E-state index contributed by atoms with van der Waals surface area (Å²) in [5.41, 5.74) is 0. The van der Waals surface area contributed by atoms with Crippen LogP contribution in [0.15, 0.2) is 84.9 Å². The van der Waals surface area contributed by atoms with E-state index in [0.717, 1.165) is 0 Å². The molecule has 0 aliphatic heterocycles. The molecule has 0 bridgehead atoms. The summed E-state index contributed by atoms with van der Waals surface area (Å²) in [5.74, 6) is 0. The van der Waals surface area contributed by atoms with E-state index in [1.165, 1.54) is 21.5 Å². The molecule has 0 amide bonds.